The van der Waals surface area contributed by atoms with Crippen molar-refractivity contribution in [2.45, 2.75) is 25.3 Å². The number of hydrogen-bond acceptors (Lipinski definition) is 3. The van der Waals surface area contributed by atoms with Crippen LogP contribution in [0.4, 0.5) is 5.69 Å². The van der Waals surface area contributed by atoms with Gasteiger partial charge in [-0.3, -0.25) is 10.1 Å². The number of para-hydroxylation sites is 1. The minimum absolute atomic E-state index is 0.190. The van der Waals surface area contributed by atoms with E-state index in [9.17, 15) is 10.1 Å². The van der Waals surface area contributed by atoms with Crippen LogP contribution in [0, 0.1) is 10.1 Å². The van der Waals surface area contributed by atoms with Gasteiger partial charge in [0.15, 0.2) is 0 Å². The van der Waals surface area contributed by atoms with Crippen molar-refractivity contribution >= 4 is 5.69 Å². The van der Waals surface area contributed by atoms with Gasteiger partial charge in [0.1, 0.15) is 0 Å². The third-order valence-corrected chi connectivity index (χ3v) is 3.39. The highest BCUT2D eigenvalue weighted by atomic mass is 16.6. The molecule has 2 rings (SSSR count). The Morgan fingerprint density at radius 1 is 1.35 bits per heavy atom. The maximum absolute atomic E-state index is 11.2. The second kappa shape index (κ2) is 3.87. The molecule has 0 amide bonds. The van der Waals surface area contributed by atoms with Crippen molar-refractivity contribution in [2.24, 2.45) is 0 Å². The summed E-state index contributed by atoms with van der Waals surface area (Å²) in [5, 5.41) is 11.2. The molecule has 1 aliphatic rings. The Balaban J connectivity index is 2.52. The molecule has 0 spiro atoms. The van der Waals surface area contributed by atoms with Crippen molar-refractivity contribution in [1.82, 2.24) is 0 Å². The van der Waals surface area contributed by atoms with Gasteiger partial charge in [-0.05, 0) is 11.6 Å². The predicted octanol–water partition coefficient (Wildman–Crippen LogP) is 2.79. The zero-order valence-corrected chi connectivity index (χ0v) is 10.3. The summed E-state index contributed by atoms with van der Waals surface area (Å²) in [6.07, 6.45) is 3.81. The maximum Gasteiger partial charge on any atom is 0.227 e. The lowest BCUT2D eigenvalue weighted by atomic mass is 9.80. The Morgan fingerprint density at radius 3 is 2.65 bits per heavy atom. The van der Waals surface area contributed by atoms with E-state index in [0.717, 1.165) is 11.3 Å². The number of benzene rings is 1. The first-order valence-corrected chi connectivity index (χ1v) is 5.59. The lowest BCUT2D eigenvalue weighted by molar-refractivity contribution is -0.563. The topological polar surface area (TPSA) is 46.4 Å². The lowest BCUT2D eigenvalue weighted by Crippen LogP contribution is -2.39. The van der Waals surface area contributed by atoms with Crippen LogP contribution in [-0.2, 0) is 0 Å². The van der Waals surface area contributed by atoms with Crippen molar-refractivity contribution in [2.75, 3.05) is 11.9 Å². The average Bonchev–Trinajstić information content (AvgIpc) is 2.29. The monoisotopic (exact) mass is 232 g/mol. The molecule has 1 aromatic rings. The van der Waals surface area contributed by atoms with Crippen LogP contribution in [0.1, 0.15) is 25.3 Å². The summed E-state index contributed by atoms with van der Waals surface area (Å²) < 4.78 is 0. The number of hydrogen-bond donors (Lipinski definition) is 0. The Hall–Kier alpha value is -1.84. The summed E-state index contributed by atoms with van der Waals surface area (Å²) in [7, 11) is 1.95. The van der Waals surface area contributed by atoms with E-state index < -0.39 is 5.54 Å². The molecule has 4 nitrogen and oxygen atoms in total. The van der Waals surface area contributed by atoms with Gasteiger partial charge in [0.25, 0.3) is 0 Å². The molecule has 0 aliphatic carbocycles. The van der Waals surface area contributed by atoms with Crippen LogP contribution in [0.25, 0.3) is 0 Å². The first-order chi connectivity index (χ1) is 7.94. The predicted molar refractivity (Wildman–Crippen MR) is 67.8 cm³/mol. The molecule has 1 heterocycles. The summed E-state index contributed by atoms with van der Waals surface area (Å²) in [5.41, 5.74) is 1.06. The molecule has 0 fully saturated rings. The maximum atomic E-state index is 11.2. The van der Waals surface area contributed by atoms with Crippen LogP contribution in [0.2, 0.25) is 0 Å². The van der Waals surface area contributed by atoms with Gasteiger partial charge in [-0.15, -0.1) is 0 Å². The highest BCUT2D eigenvalue weighted by Gasteiger charge is 2.42. The minimum atomic E-state index is -0.992. The van der Waals surface area contributed by atoms with Crippen molar-refractivity contribution in [1.29, 1.82) is 0 Å². The summed E-state index contributed by atoms with van der Waals surface area (Å²) >= 11 is 0. The van der Waals surface area contributed by atoms with E-state index in [-0.39, 0.29) is 10.8 Å². The summed E-state index contributed by atoms with van der Waals surface area (Å²) in [6.45, 7) is 3.34. The summed E-state index contributed by atoms with van der Waals surface area (Å²) in [6, 6.07) is 7.83. The van der Waals surface area contributed by atoms with Crippen LogP contribution in [0.15, 0.2) is 36.5 Å². The molecular weight excluding hydrogens is 216 g/mol. The fraction of sp³-hybridized carbons (Fsp3) is 0.385. The average molecular weight is 232 g/mol. The third-order valence-electron chi connectivity index (χ3n) is 3.39. The standard InChI is InChI=1S/C13H16N2O2/c1-13(2,15(16)17)11-8-9-14(3)12-7-5-4-6-10(11)12/h4-9,11H,1-3H3. The zero-order valence-electron chi connectivity index (χ0n) is 10.3. The van der Waals surface area contributed by atoms with Gasteiger partial charge in [-0.25, -0.2) is 0 Å². The van der Waals surface area contributed by atoms with Crippen LogP contribution in [0.3, 0.4) is 0 Å². The molecule has 1 atom stereocenters. The minimum Gasteiger partial charge on any atom is -0.351 e. The van der Waals surface area contributed by atoms with E-state index in [1.54, 1.807) is 13.8 Å². The summed E-state index contributed by atoms with van der Waals surface area (Å²) in [5.74, 6) is -0.190. The molecule has 4 heteroatoms. The van der Waals surface area contributed by atoms with E-state index >= 15 is 0 Å². The first-order valence-electron chi connectivity index (χ1n) is 5.59. The smallest absolute Gasteiger partial charge is 0.227 e. The molecule has 17 heavy (non-hydrogen) atoms. The molecule has 0 saturated carbocycles. The van der Waals surface area contributed by atoms with Crippen molar-refractivity contribution in [3.05, 3.63) is 52.2 Å². The van der Waals surface area contributed by atoms with Gasteiger partial charge >= 0.3 is 0 Å². The Kier molecular flexibility index (Phi) is 2.65. The Labute approximate surface area is 101 Å². The highest BCUT2D eigenvalue weighted by molar-refractivity contribution is 5.60. The highest BCUT2D eigenvalue weighted by Crippen LogP contribution is 2.39. The van der Waals surface area contributed by atoms with E-state index in [4.69, 9.17) is 0 Å². The third kappa shape index (κ3) is 1.79. The van der Waals surface area contributed by atoms with Gasteiger partial charge in [0.05, 0.1) is 5.92 Å². The largest absolute Gasteiger partial charge is 0.351 e. The van der Waals surface area contributed by atoms with Crippen molar-refractivity contribution in [3.8, 4) is 0 Å². The van der Waals surface area contributed by atoms with Crippen LogP contribution in [0.5, 0.6) is 0 Å². The number of anilines is 1. The van der Waals surface area contributed by atoms with Crippen LogP contribution < -0.4 is 4.90 Å². The summed E-state index contributed by atoms with van der Waals surface area (Å²) in [4.78, 5) is 13.0. The molecule has 1 aliphatic heterocycles. The van der Waals surface area contributed by atoms with Gasteiger partial charge in [0.2, 0.25) is 5.54 Å². The van der Waals surface area contributed by atoms with Gasteiger partial charge in [-0.1, -0.05) is 24.3 Å². The fourth-order valence-corrected chi connectivity index (χ4v) is 2.20. The van der Waals surface area contributed by atoms with Crippen molar-refractivity contribution < 1.29 is 4.92 Å². The lowest BCUT2D eigenvalue weighted by Gasteiger charge is -2.32. The molecule has 0 bridgehead atoms. The molecule has 0 saturated heterocycles. The van der Waals surface area contributed by atoms with Gasteiger partial charge < -0.3 is 4.90 Å². The van der Waals surface area contributed by atoms with E-state index in [1.807, 2.05) is 48.5 Å². The number of nitro groups is 1. The van der Waals surface area contributed by atoms with E-state index in [0.29, 0.717) is 0 Å². The molecule has 90 valence electrons. The second-order valence-electron chi connectivity index (χ2n) is 4.90. The molecule has 1 unspecified atom stereocenters. The number of fused-ring (bicyclic) bond motifs is 1. The van der Waals surface area contributed by atoms with E-state index in [2.05, 4.69) is 0 Å². The Morgan fingerprint density at radius 2 is 2.00 bits per heavy atom. The second-order valence-corrected chi connectivity index (χ2v) is 4.90. The number of rotatable bonds is 2. The zero-order chi connectivity index (χ0) is 12.6. The van der Waals surface area contributed by atoms with Crippen molar-refractivity contribution in [3.63, 3.8) is 0 Å². The molecule has 0 aromatic heterocycles. The van der Waals surface area contributed by atoms with E-state index in [1.165, 1.54) is 0 Å². The first kappa shape index (κ1) is 11.6. The number of nitrogens with zero attached hydrogens (tertiary/aromatic N) is 2. The Bertz CT molecular complexity index is 480. The SMILES string of the molecule is CN1C=CC(C(C)(C)[N+](=O)[O-])c2ccccc21. The quantitative estimate of drug-likeness (QED) is 0.582. The molecule has 0 N–H and O–H groups in total. The molecule has 1 aromatic carbocycles. The fourth-order valence-electron chi connectivity index (χ4n) is 2.20. The molecule has 0 radical (unpaired) electrons. The van der Waals surface area contributed by atoms with Crippen LogP contribution >= 0.6 is 0 Å². The normalized spacial score (nSPS) is 19.0. The van der Waals surface area contributed by atoms with Gasteiger partial charge in [-0.2, -0.15) is 0 Å². The van der Waals surface area contributed by atoms with Gasteiger partial charge in [0, 0.05) is 37.7 Å². The van der Waals surface area contributed by atoms with Crippen LogP contribution in [-0.4, -0.2) is 17.5 Å². The molecular formula is C13H16N2O2.